The van der Waals surface area contributed by atoms with Gasteiger partial charge < -0.3 is 15.0 Å². The van der Waals surface area contributed by atoms with Crippen molar-refractivity contribution in [1.29, 1.82) is 0 Å². The molecule has 1 amide bonds. The van der Waals surface area contributed by atoms with Crippen LogP contribution in [0.1, 0.15) is 17.0 Å². The van der Waals surface area contributed by atoms with Gasteiger partial charge in [0.15, 0.2) is 0 Å². The number of H-pyrrole nitrogens is 1. The van der Waals surface area contributed by atoms with Gasteiger partial charge in [0, 0.05) is 24.0 Å². The molecule has 1 aromatic carbocycles. The summed E-state index contributed by atoms with van der Waals surface area (Å²) >= 11 is 0. The van der Waals surface area contributed by atoms with Gasteiger partial charge in [-0.25, -0.2) is 4.98 Å². The molecular weight excluding hydrogens is 254 g/mol. The lowest BCUT2D eigenvalue weighted by molar-refractivity contribution is -0.116. The van der Waals surface area contributed by atoms with E-state index in [2.05, 4.69) is 15.3 Å². The van der Waals surface area contributed by atoms with Crippen molar-refractivity contribution in [3.8, 4) is 5.75 Å². The Morgan fingerprint density at radius 3 is 3.05 bits per heavy atom. The van der Waals surface area contributed by atoms with Crippen molar-refractivity contribution in [2.45, 2.75) is 13.5 Å². The molecule has 0 saturated heterocycles. The minimum absolute atomic E-state index is 0.176. The fourth-order valence-corrected chi connectivity index (χ4v) is 1.77. The number of nitrogens with zero attached hydrogens (tertiary/aromatic N) is 1. The van der Waals surface area contributed by atoms with Crippen LogP contribution in [0.2, 0.25) is 0 Å². The topological polar surface area (TPSA) is 67.0 Å². The van der Waals surface area contributed by atoms with E-state index in [1.54, 1.807) is 25.6 Å². The molecule has 0 aliphatic rings. The molecule has 0 saturated carbocycles. The number of benzene rings is 1. The van der Waals surface area contributed by atoms with Crippen LogP contribution in [0.15, 0.2) is 36.7 Å². The van der Waals surface area contributed by atoms with E-state index in [9.17, 15) is 4.79 Å². The number of aryl methyl sites for hydroxylation is 1. The lowest BCUT2D eigenvalue weighted by atomic mass is 10.1. The van der Waals surface area contributed by atoms with Crippen molar-refractivity contribution < 1.29 is 9.53 Å². The van der Waals surface area contributed by atoms with Crippen LogP contribution in [0.3, 0.4) is 0 Å². The van der Waals surface area contributed by atoms with Crippen LogP contribution in [0.25, 0.3) is 6.08 Å². The Bertz CT molecular complexity index is 604. The number of hydrogen-bond acceptors (Lipinski definition) is 3. The van der Waals surface area contributed by atoms with Gasteiger partial charge in [0.2, 0.25) is 5.91 Å². The van der Waals surface area contributed by atoms with E-state index in [4.69, 9.17) is 4.74 Å². The van der Waals surface area contributed by atoms with Crippen LogP contribution in [0.4, 0.5) is 0 Å². The zero-order valence-corrected chi connectivity index (χ0v) is 11.5. The number of carbonyl (C=O) groups is 1. The first-order chi connectivity index (χ1) is 9.69. The molecular formula is C15H17N3O2. The predicted octanol–water partition coefficient (Wildman–Crippen LogP) is 2.06. The van der Waals surface area contributed by atoms with E-state index in [0.717, 1.165) is 22.7 Å². The first kappa shape index (κ1) is 13.9. The van der Waals surface area contributed by atoms with Crippen LogP contribution in [0, 0.1) is 6.92 Å². The number of ether oxygens (including phenoxy) is 1. The van der Waals surface area contributed by atoms with Gasteiger partial charge in [-0.2, -0.15) is 0 Å². The predicted molar refractivity (Wildman–Crippen MR) is 77.2 cm³/mol. The largest absolute Gasteiger partial charge is 0.496 e. The lowest BCUT2D eigenvalue weighted by Crippen LogP contribution is -2.20. The van der Waals surface area contributed by atoms with E-state index in [1.165, 1.54) is 6.08 Å². The number of imidazole rings is 1. The van der Waals surface area contributed by atoms with Crippen LogP contribution in [0.5, 0.6) is 5.75 Å². The molecule has 5 heteroatoms. The van der Waals surface area contributed by atoms with Gasteiger partial charge in [-0.15, -0.1) is 0 Å². The van der Waals surface area contributed by atoms with Gasteiger partial charge in [-0.1, -0.05) is 11.6 Å². The number of carbonyl (C=O) groups excluding carboxylic acids is 1. The van der Waals surface area contributed by atoms with Gasteiger partial charge in [0.05, 0.1) is 13.7 Å². The molecule has 2 N–H and O–H groups in total. The number of nitrogens with one attached hydrogen (secondary N) is 2. The molecule has 0 fully saturated rings. The van der Waals surface area contributed by atoms with Gasteiger partial charge >= 0.3 is 0 Å². The summed E-state index contributed by atoms with van der Waals surface area (Å²) in [5, 5.41) is 2.75. The summed E-state index contributed by atoms with van der Waals surface area (Å²) in [7, 11) is 1.61. The van der Waals surface area contributed by atoms with E-state index < -0.39 is 0 Å². The Labute approximate surface area is 117 Å². The molecule has 0 bridgehead atoms. The Morgan fingerprint density at radius 1 is 1.50 bits per heavy atom. The molecule has 1 heterocycles. The molecule has 0 aliphatic carbocycles. The molecule has 2 aromatic rings. The summed E-state index contributed by atoms with van der Waals surface area (Å²) in [6.45, 7) is 2.37. The molecule has 20 heavy (non-hydrogen) atoms. The van der Waals surface area contributed by atoms with Crippen LogP contribution in [-0.4, -0.2) is 23.0 Å². The van der Waals surface area contributed by atoms with Gasteiger partial charge in [0.1, 0.15) is 11.6 Å². The highest BCUT2D eigenvalue weighted by Crippen LogP contribution is 2.20. The lowest BCUT2D eigenvalue weighted by Gasteiger charge is -2.05. The van der Waals surface area contributed by atoms with Gasteiger partial charge in [-0.3, -0.25) is 4.79 Å². The zero-order valence-electron chi connectivity index (χ0n) is 11.5. The molecule has 2 rings (SSSR count). The smallest absolute Gasteiger partial charge is 0.244 e. The van der Waals surface area contributed by atoms with Crippen LogP contribution >= 0.6 is 0 Å². The molecule has 1 aromatic heterocycles. The summed E-state index contributed by atoms with van der Waals surface area (Å²) in [6, 6.07) is 5.82. The second-order valence-corrected chi connectivity index (χ2v) is 4.33. The summed E-state index contributed by atoms with van der Waals surface area (Å²) in [6.07, 6.45) is 6.59. The highest BCUT2D eigenvalue weighted by molar-refractivity contribution is 5.92. The summed E-state index contributed by atoms with van der Waals surface area (Å²) in [5.41, 5.74) is 1.99. The van der Waals surface area contributed by atoms with Crippen molar-refractivity contribution in [3.63, 3.8) is 0 Å². The first-order valence-corrected chi connectivity index (χ1v) is 6.28. The number of rotatable bonds is 5. The molecule has 0 spiro atoms. The van der Waals surface area contributed by atoms with Crippen LogP contribution in [-0.2, 0) is 11.3 Å². The Balaban J connectivity index is 1.98. The SMILES string of the molecule is COc1ccc(C)cc1C=CC(=O)NCc1ncc[nH]1. The maximum absolute atomic E-state index is 11.7. The maximum Gasteiger partial charge on any atom is 0.244 e. The molecule has 0 radical (unpaired) electrons. The quantitative estimate of drug-likeness (QED) is 0.818. The highest BCUT2D eigenvalue weighted by Gasteiger charge is 2.01. The molecule has 104 valence electrons. The standard InChI is InChI=1S/C15H17N3O2/c1-11-3-5-13(20-2)12(9-11)4-6-15(19)18-10-14-16-7-8-17-14/h3-9H,10H2,1-2H3,(H,16,17)(H,18,19). The first-order valence-electron chi connectivity index (χ1n) is 6.28. The number of hydrogen-bond donors (Lipinski definition) is 2. The Morgan fingerprint density at radius 2 is 2.35 bits per heavy atom. The molecule has 0 unspecified atom stereocenters. The van der Waals surface area contributed by atoms with E-state index in [-0.39, 0.29) is 5.91 Å². The number of aromatic amines is 1. The third-order valence-electron chi connectivity index (χ3n) is 2.78. The summed E-state index contributed by atoms with van der Waals surface area (Å²) < 4.78 is 5.25. The van der Waals surface area contributed by atoms with E-state index in [1.807, 2.05) is 25.1 Å². The van der Waals surface area contributed by atoms with Crippen molar-refractivity contribution in [2.75, 3.05) is 7.11 Å². The normalized spacial score (nSPS) is 10.7. The third-order valence-corrected chi connectivity index (χ3v) is 2.78. The summed E-state index contributed by atoms with van der Waals surface area (Å²) in [5.74, 6) is 1.29. The monoisotopic (exact) mass is 271 g/mol. The second-order valence-electron chi connectivity index (χ2n) is 4.33. The maximum atomic E-state index is 11.7. The fraction of sp³-hybridized carbons (Fsp3) is 0.200. The van der Waals surface area contributed by atoms with Crippen molar-refractivity contribution in [1.82, 2.24) is 15.3 Å². The second kappa shape index (κ2) is 6.56. The van der Waals surface area contributed by atoms with Crippen molar-refractivity contribution >= 4 is 12.0 Å². The highest BCUT2D eigenvalue weighted by atomic mass is 16.5. The van der Waals surface area contributed by atoms with Gasteiger partial charge in [-0.05, 0) is 25.1 Å². The van der Waals surface area contributed by atoms with E-state index in [0.29, 0.717) is 6.54 Å². The van der Waals surface area contributed by atoms with Crippen molar-refractivity contribution in [2.24, 2.45) is 0 Å². The minimum Gasteiger partial charge on any atom is -0.496 e. The summed E-state index contributed by atoms with van der Waals surface area (Å²) in [4.78, 5) is 18.7. The molecule has 0 aliphatic heterocycles. The van der Waals surface area contributed by atoms with Gasteiger partial charge in [0.25, 0.3) is 0 Å². The third kappa shape index (κ3) is 3.71. The number of aromatic nitrogens is 2. The minimum atomic E-state index is -0.176. The Hall–Kier alpha value is -2.56. The molecule has 5 nitrogen and oxygen atoms in total. The zero-order chi connectivity index (χ0) is 14.4. The average molecular weight is 271 g/mol. The number of amides is 1. The molecule has 0 atom stereocenters. The average Bonchev–Trinajstić information content (AvgIpc) is 2.96. The fourth-order valence-electron chi connectivity index (χ4n) is 1.77. The van der Waals surface area contributed by atoms with Crippen LogP contribution < -0.4 is 10.1 Å². The number of methoxy groups -OCH3 is 1. The Kier molecular flexibility index (Phi) is 4.55. The van der Waals surface area contributed by atoms with E-state index >= 15 is 0 Å². The van der Waals surface area contributed by atoms with Crippen molar-refractivity contribution in [3.05, 3.63) is 53.6 Å².